The Kier molecular flexibility index (Phi) is 11.1. The van der Waals surface area contributed by atoms with Crippen molar-refractivity contribution < 1.29 is 38.4 Å². The second-order valence-corrected chi connectivity index (χ2v) is 8.25. The Balaban J connectivity index is 1.80. The van der Waals surface area contributed by atoms with E-state index in [9.17, 15) is 19.5 Å². The molecule has 0 unspecified atom stereocenters. The highest BCUT2D eigenvalue weighted by molar-refractivity contribution is 5.80. The summed E-state index contributed by atoms with van der Waals surface area (Å²) in [7, 11) is 0. The number of ether oxygens (including phenoxy) is 4. The number of carbonyl (C=O) groups is 3. The number of benzene rings is 3. The van der Waals surface area contributed by atoms with Crippen LogP contribution in [0.25, 0.3) is 0 Å². The second-order valence-electron chi connectivity index (χ2n) is 8.25. The molecule has 0 heterocycles. The van der Waals surface area contributed by atoms with E-state index in [4.69, 9.17) is 24.7 Å². The van der Waals surface area contributed by atoms with Gasteiger partial charge in [-0.3, -0.25) is 0 Å². The summed E-state index contributed by atoms with van der Waals surface area (Å²) in [6.45, 7) is -0.416. The van der Waals surface area contributed by atoms with Gasteiger partial charge in [0.05, 0.1) is 13.2 Å². The number of aliphatic carboxylic acids is 1. The van der Waals surface area contributed by atoms with E-state index in [1.807, 2.05) is 42.5 Å². The normalized spacial score (nSPS) is 13.1. The second kappa shape index (κ2) is 15.0. The van der Waals surface area contributed by atoms with Crippen LogP contribution in [0.4, 0.5) is 9.59 Å². The average Bonchev–Trinajstić information content (AvgIpc) is 2.93. The molecule has 0 aliphatic rings. The van der Waals surface area contributed by atoms with E-state index in [0.717, 1.165) is 16.7 Å². The van der Waals surface area contributed by atoms with Crippen molar-refractivity contribution in [1.29, 1.82) is 0 Å². The zero-order valence-corrected chi connectivity index (χ0v) is 20.6. The first kappa shape index (κ1) is 28.2. The van der Waals surface area contributed by atoms with Gasteiger partial charge < -0.3 is 35.1 Å². The smallest absolute Gasteiger partial charge is 0.408 e. The first-order chi connectivity index (χ1) is 18.4. The van der Waals surface area contributed by atoms with E-state index in [1.165, 1.54) is 0 Å². The minimum atomic E-state index is -1.61. The number of carboxylic acid groups (broad SMARTS) is 1. The summed E-state index contributed by atoms with van der Waals surface area (Å²) in [5.41, 5.74) is 7.44. The van der Waals surface area contributed by atoms with Gasteiger partial charge in [-0.25, -0.2) is 14.4 Å². The van der Waals surface area contributed by atoms with Gasteiger partial charge in [0, 0.05) is 0 Å². The maximum absolute atomic E-state index is 12.6. The van der Waals surface area contributed by atoms with Crippen LogP contribution in [0.3, 0.4) is 0 Å². The minimum Gasteiger partial charge on any atom is -0.480 e. The van der Waals surface area contributed by atoms with Gasteiger partial charge in [0.1, 0.15) is 25.4 Å². The molecule has 10 heteroatoms. The molecule has 3 atom stereocenters. The summed E-state index contributed by atoms with van der Waals surface area (Å²) in [5, 5.41) is 12.4. The summed E-state index contributed by atoms with van der Waals surface area (Å²) in [4.78, 5) is 36.3. The number of carboxylic acids is 1. The molecular weight excluding hydrogens is 492 g/mol. The highest BCUT2D eigenvalue weighted by atomic mass is 16.6. The van der Waals surface area contributed by atoms with Gasteiger partial charge in [-0.15, -0.1) is 0 Å². The third-order valence-corrected chi connectivity index (χ3v) is 5.43. The largest absolute Gasteiger partial charge is 0.480 e. The topological polar surface area (TPSA) is 146 Å². The van der Waals surface area contributed by atoms with Gasteiger partial charge in [-0.1, -0.05) is 91.0 Å². The average molecular weight is 523 g/mol. The number of hydrogen-bond donors (Lipinski definition) is 3. The standard InChI is InChI=1S/C28H30N2O8/c29-27(33)37-19-23(35-16-20-10-4-1-5-11-20)25(36-17-21-12-6-2-7-13-21)24(26(31)32)30-28(34)38-18-22-14-8-3-9-15-22/h1-15,23-25H,16-19H2,(H2,29,33)(H,30,34)(H,31,32)/t23-,24-,25+/m0/s1. The fourth-order valence-corrected chi connectivity index (χ4v) is 3.54. The lowest BCUT2D eigenvalue weighted by atomic mass is 10.0. The van der Waals surface area contributed by atoms with Crippen molar-refractivity contribution in [1.82, 2.24) is 5.32 Å². The van der Waals surface area contributed by atoms with Gasteiger partial charge >= 0.3 is 18.2 Å². The maximum atomic E-state index is 12.6. The summed E-state index contributed by atoms with van der Waals surface area (Å²) >= 11 is 0. The molecule has 0 saturated heterocycles. The van der Waals surface area contributed by atoms with E-state index in [-0.39, 0.29) is 19.8 Å². The van der Waals surface area contributed by atoms with Crippen LogP contribution in [-0.2, 0) is 43.6 Å². The molecule has 0 spiro atoms. The first-order valence-corrected chi connectivity index (χ1v) is 11.9. The Bertz CT molecular complexity index is 1150. The van der Waals surface area contributed by atoms with Crippen molar-refractivity contribution in [2.45, 2.75) is 38.1 Å². The van der Waals surface area contributed by atoms with E-state index in [1.54, 1.807) is 48.5 Å². The van der Waals surface area contributed by atoms with Crippen molar-refractivity contribution in [3.63, 3.8) is 0 Å². The van der Waals surface area contributed by atoms with E-state index in [0.29, 0.717) is 0 Å². The predicted octanol–water partition coefficient (Wildman–Crippen LogP) is 3.63. The highest BCUT2D eigenvalue weighted by Crippen LogP contribution is 2.17. The number of hydrogen-bond acceptors (Lipinski definition) is 7. The molecule has 0 aromatic heterocycles. The molecule has 2 amide bonds. The Morgan fingerprint density at radius 1 is 0.711 bits per heavy atom. The van der Waals surface area contributed by atoms with Crippen molar-refractivity contribution in [2.75, 3.05) is 6.61 Å². The zero-order valence-electron chi connectivity index (χ0n) is 20.6. The number of alkyl carbamates (subject to hydrolysis) is 1. The van der Waals surface area contributed by atoms with Gasteiger partial charge in [0.2, 0.25) is 0 Å². The Morgan fingerprint density at radius 2 is 1.18 bits per heavy atom. The van der Waals surface area contributed by atoms with Crippen LogP contribution in [0, 0.1) is 0 Å². The van der Waals surface area contributed by atoms with Crippen molar-refractivity contribution in [2.24, 2.45) is 5.73 Å². The number of nitrogens with two attached hydrogens (primary N) is 1. The fraction of sp³-hybridized carbons (Fsp3) is 0.250. The molecular formula is C28H30N2O8. The van der Waals surface area contributed by atoms with Crippen LogP contribution < -0.4 is 11.1 Å². The van der Waals surface area contributed by atoms with E-state index < -0.39 is 43.0 Å². The third kappa shape index (κ3) is 9.57. The molecule has 0 radical (unpaired) electrons. The third-order valence-electron chi connectivity index (χ3n) is 5.43. The lowest BCUT2D eigenvalue weighted by Gasteiger charge is -2.31. The summed E-state index contributed by atoms with van der Waals surface area (Å²) in [6, 6.07) is 25.5. The van der Waals surface area contributed by atoms with Gasteiger partial charge in [0.25, 0.3) is 0 Å². The number of nitrogens with one attached hydrogen (secondary N) is 1. The molecule has 0 aliphatic carbocycles. The van der Waals surface area contributed by atoms with Crippen molar-refractivity contribution in [3.8, 4) is 0 Å². The van der Waals surface area contributed by atoms with E-state index >= 15 is 0 Å². The SMILES string of the molecule is NC(=O)OC[C@H](OCc1ccccc1)[C@@H](OCc1ccccc1)[C@H](NC(=O)OCc1ccccc1)C(=O)O. The summed E-state index contributed by atoms with van der Waals surface area (Å²) in [6.07, 6.45) is -4.43. The Hall–Kier alpha value is -4.41. The van der Waals surface area contributed by atoms with Gasteiger partial charge in [-0.2, -0.15) is 0 Å². The molecule has 0 bridgehead atoms. The lowest BCUT2D eigenvalue weighted by Crippen LogP contribution is -2.56. The summed E-state index contributed by atoms with van der Waals surface area (Å²) < 4.78 is 22.1. The predicted molar refractivity (Wildman–Crippen MR) is 137 cm³/mol. The van der Waals surface area contributed by atoms with E-state index in [2.05, 4.69) is 5.32 Å². The highest BCUT2D eigenvalue weighted by Gasteiger charge is 2.38. The molecule has 38 heavy (non-hydrogen) atoms. The number of amides is 2. The van der Waals surface area contributed by atoms with Crippen LogP contribution in [0.15, 0.2) is 91.0 Å². The molecule has 200 valence electrons. The Labute approximate surface area is 220 Å². The van der Waals surface area contributed by atoms with Gasteiger partial charge in [-0.05, 0) is 16.7 Å². The van der Waals surface area contributed by atoms with Crippen LogP contribution in [0.1, 0.15) is 16.7 Å². The molecule has 3 aromatic rings. The quantitative estimate of drug-likeness (QED) is 0.291. The molecule has 0 aliphatic heterocycles. The molecule has 0 fully saturated rings. The fourth-order valence-electron chi connectivity index (χ4n) is 3.54. The lowest BCUT2D eigenvalue weighted by molar-refractivity contribution is -0.155. The van der Waals surface area contributed by atoms with Crippen LogP contribution in [0.2, 0.25) is 0 Å². The first-order valence-electron chi connectivity index (χ1n) is 11.9. The maximum Gasteiger partial charge on any atom is 0.408 e. The van der Waals surface area contributed by atoms with Crippen molar-refractivity contribution >= 4 is 18.2 Å². The molecule has 3 aromatic carbocycles. The summed E-state index contributed by atoms with van der Waals surface area (Å²) in [5.74, 6) is -1.40. The van der Waals surface area contributed by atoms with Crippen LogP contribution in [-0.4, -0.2) is 48.1 Å². The van der Waals surface area contributed by atoms with Crippen LogP contribution in [0.5, 0.6) is 0 Å². The molecule has 10 nitrogen and oxygen atoms in total. The molecule has 4 N–H and O–H groups in total. The number of primary amides is 1. The monoisotopic (exact) mass is 522 g/mol. The van der Waals surface area contributed by atoms with Crippen LogP contribution >= 0.6 is 0 Å². The Morgan fingerprint density at radius 3 is 1.66 bits per heavy atom. The molecule has 0 saturated carbocycles. The number of rotatable bonds is 14. The zero-order chi connectivity index (χ0) is 27.2. The van der Waals surface area contributed by atoms with Crippen molar-refractivity contribution in [3.05, 3.63) is 108 Å². The van der Waals surface area contributed by atoms with Gasteiger partial charge in [0.15, 0.2) is 6.04 Å². The molecule has 3 rings (SSSR count). The minimum absolute atomic E-state index is 0.00218. The number of carbonyl (C=O) groups excluding carboxylic acids is 2.